The average Bonchev–Trinajstić information content (AvgIpc) is 2.40. The zero-order valence-electron chi connectivity index (χ0n) is 11.2. The highest BCUT2D eigenvalue weighted by Crippen LogP contribution is 2.30. The third-order valence-corrected chi connectivity index (χ3v) is 4.46. The first kappa shape index (κ1) is 15.7. The van der Waals surface area contributed by atoms with Gasteiger partial charge < -0.3 is 10.4 Å². The molecule has 0 atom stereocenters. The number of sulfonamides is 1. The molecule has 1 saturated carbocycles. The van der Waals surface area contributed by atoms with E-state index in [4.69, 9.17) is 5.14 Å². The predicted octanol–water partition coefficient (Wildman–Crippen LogP) is 0.958. The number of nitro benzene ring substituents is 1. The Morgan fingerprint density at radius 1 is 1.29 bits per heavy atom. The first-order chi connectivity index (χ1) is 9.77. The molecular weight excluding hydrogens is 298 g/mol. The fourth-order valence-electron chi connectivity index (χ4n) is 2.40. The molecule has 0 aromatic heterocycles. The van der Waals surface area contributed by atoms with Crippen LogP contribution in [0.2, 0.25) is 0 Å². The number of nitrogens with two attached hydrogens (primary N) is 1. The average molecular weight is 315 g/mol. The summed E-state index contributed by atoms with van der Waals surface area (Å²) in [7, 11) is -3.98. The molecule has 0 unspecified atom stereocenters. The zero-order chi connectivity index (χ0) is 15.6. The van der Waals surface area contributed by atoms with Crippen molar-refractivity contribution in [2.24, 2.45) is 5.14 Å². The number of hydrogen-bond acceptors (Lipinski definition) is 6. The quantitative estimate of drug-likeness (QED) is 0.559. The van der Waals surface area contributed by atoms with Crippen molar-refractivity contribution in [3.05, 3.63) is 28.3 Å². The van der Waals surface area contributed by atoms with Crippen LogP contribution in [0.5, 0.6) is 0 Å². The minimum absolute atomic E-state index is 0.0208. The van der Waals surface area contributed by atoms with Gasteiger partial charge in [-0.1, -0.05) is 0 Å². The maximum absolute atomic E-state index is 11.3. The Hall–Kier alpha value is -1.71. The van der Waals surface area contributed by atoms with Crippen molar-refractivity contribution < 1.29 is 18.4 Å². The summed E-state index contributed by atoms with van der Waals surface area (Å²) in [5.74, 6) is 0. The maximum Gasteiger partial charge on any atom is 0.293 e. The Morgan fingerprint density at radius 2 is 1.90 bits per heavy atom. The second kappa shape index (κ2) is 5.96. The van der Waals surface area contributed by atoms with Crippen LogP contribution in [0.3, 0.4) is 0 Å². The smallest absolute Gasteiger partial charge is 0.293 e. The van der Waals surface area contributed by atoms with E-state index >= 15 is 0 Å². The zero-order valence-corrected chi connectivity index (χ0v) is 12.0. The van der Waals surface area contributed by atoms with Crippen LogP contribution in [-0.4, -0.2) is 30.6 Å². The number of aliphatic hydroxyl groups excluding tert-OH is 1. The van der Waals surface area contributed by atoms with E-state index in [2.05, 4.69) is 5.32 Å². The molecule has 4 N–H and O–H groups in total. The Labute approximate surface area is 122 Å². The lowest BCUT2D eigenvalue weighted by molar-refractivity contribution is -0.384. The van der Waals surface area contributed by atoms with Crippen LogP contribution >= 0.6 is 0 Å². The number of benzene rings is 1. The van der Waals surface area contributed by atoms with Crippen LogP contribution in [0.4, 0.5) is 11.4 Å². The van der Waals surface area contributed by atoms with Gasteiger partial charge in [-0.25, -0.2) is 13.6 Å². The largest absolute Gasteiger partial charge is 0.393 e. The Bertz CT molecular complexity index is 638. The van der Waals surface area contributed by atoms with Gasteiger partial charge in [-0.3, -0.25) is 10.1 Å². The number of anilines is 1. The van der Waals surface area contributed by atoms with Gasteiger partial charge in [0.1, 0.15) is 5.69 Å². The molecule has 1 aliphatic carbocycles. The number of primary sulfonamides is 1. The summed E-state index contributed by atoms with van der Waals surface area (Å²) in [6.45, 7) is 0. The molecule has 1 aromatic rings. The summed E-state index contributed by atoms with van der Waals surface area (Å²) >= 11 is 0. The number of hydrogen-bond donors (Lipinski definition) is 3. The normalized spacial score (nSPS) is 22.8. The van der Waals surface area contributed by atoms with Crippen molar-refractivity contribution in [1.82, 2.24) is 0 Å². The SMILES string of the molecule is NS(=O)(=O)c1ccc(NC2CCC(O)CC2)c([N+](=O)[O-])c1. The van der Waals surface area contributed by atoms with Crippen molar-refractivity contribution in [2.75, 3.05) is 5.32 Å². The van der Waals surface area contributed by atoms with Gasteiger partial charge in [0.25, 0.3) is 5.69 Å². The van der Waals surface area contributed by atoms with E-state index in [0.717, 1.165) is 6.07 Å². The first-order valence-electron chi connectivity index (χ1n) is 6.53. The number of rotatable bonds is 4. The van der Waals surface area contributed by atoms with Gasteiger partial charge in [0.05, 0.1) is 15.9 Å². The van der Waals surface area contributed by atoms with Gasteiger partial charge in [0.2, 0.25) is 10.0 Å². The summed E-state index contributed by atoms with van der Waals surface area (Å²) in [5, 5.41) is 28.5. The Balaban J connectivity index is 2.25. The van der Waals surface area contributed by atoms with Gasteiger partial charge in [0, 0.05) is 12.1 Å². The molecule has 8 nitrogen and oxygen atoms in total. The lowest BCUT2D eigenvalue weighted by atomic mass is 9.93. The summed E-state index contributed by atoms with van der Waals surface area (Å²) in [6.07, 6.45) is 2.37. The van der Waals surface area contributed by atoms with E-state index in [9.17, 15) is 23.6 Å². The molecule has 1 aliphatic rings. The van der Waals surface area contributed by atoms with Crippen molar-refractivity contribution in [3.8, 4) is 0 Å². The third-order valence-electron chi connectivity index (χ3n) is 3.55. The molecular formula is C12H17N3O5S. The number of nitro groups is 1. The summed E-state index contributed by atoms with van der Waals surface area (Å²) in [4.78, 5) is 10.1. The lowest BCUT2D eigenvalue weighted by Gasteiger charge is -2.26. The molecule has 0 aliphatic heterocycles. The molecule has 116 valence electrons. The van der Waals surface area contributed by atoms with Crippen molar-refractivity contribution in [3.63, 3.8) is 0 Å². The van der Waals surface area contributed by atoms with Crippen LogP contribution in [0, 0.1) is 10.1 Å². The highest BCUT2D eigenvalue weighted by molar-refractivity contribution is 7.89. The van der Waals surface area contributed by atoms with Gasteiger partial charge in [-0.05, 0) is 37.8 Å². The fraction of sp³-hybridized carbons (Fsp3) is 0.500. The van der Waals surface area contributed by atoms with Crippen molar-refractivity contribution >= 4 is 21.4 Å². The van der Waals surface area contributed by atoms with Crippen LogP contribution in [0.1, 0.15) is 25.7 Å². The van der Waals surface area contributed by atoms with Gasteiger partial charge in [0.15, 0.2) is 0 Å². The summed E-state index contributed by atoms with van der Waals surface area (Å²) < 4.78 is 22.5. The molecule has 0 spiro atoms. The van der Waals surface area contributed by atoms with E-state index in [0.29, 0.717) is 25.7 Å². The van der Waals surface area contributed by atoms with Gasteiger partial charge >= 0.3 is 0 Å². The van der Waals surface area contributed by atoms with Crippen LogP contribution in [0.15, 0.2) is 23.1 Å². The lowest BCUT2D eigenvalue weighted by Crippen LogP contribution is -2.28. The monoisotopic (exact) mass is 315 g/mol. The maximum atomic E-state index is 11.3. The first-order valence-corrected chi connectivity index (χ1v) is 8.08. The van der Waals surface area contributed by atoms with Gasteiger partial charge in [-0.15, -0.1) is 0 Å². The van der Waals surface area contributed by atoms with Gasteiger partial charge in [-0.2, -0.15) is 0 Å². The second-order valence-corrected chi connectivity index (χ2v) is 6.69. The van der Waals surface area contributed by atoms with E-state index < -0.39 is 14.9 Å². The Kier molecular flexibility index (Phi) is 4.45. The molecule has 0 saturated heterocycles. The number of nitrogens with zero attached hydrogens (tertiary/aromatic N) is 1. The molecule has 0 bridgehead atoms. The minimum Gasteiger partial charge on any atom is -0.393 e. The van der Waals surface area contributed by atoms with Crippen molar-refractivity contribution in [1.29, 1.82) is 0 Å². The second-order valence-electron chi connectivity index (χ2n) is 5.13. The molecule has 9 heteroatoms. The topological polar surface area (TPSA) is 136 Å². The molecule has 1 aromatic carbocycles. The standard InChI is InChI=1S/C12H17N3O5S/c13-21(19,20)10-5-6-11(12(7-10)15(17)18)14-8-1-3-9(16)4-2-8/h5-9,14,16H,1-4H2,(H2,13,19,20). The highest BCUT2D eigenvalue weighted by atomic mass is 32.2. The summed E-state index contributed by atoms with van der Waals surface area (Å²) in [5.41, 5.74) is -0.0681. The van der Waals surface area contributed by atoms with E-state index in [1.165, 1.54) is 12.1 Å². The summed E-state index contributed by atoms with van der Waals surface area (Å²) in [6, 6.07) is 3.56. The number of aliphatic hydroxyl groups is 1. The van der Waals surface area contributed by atoms with Crippen LogP contribution < -0.4 is 10.5 Å². The molecule has 1 fully saturated rings. The third kappa shape index (κ3) is 3.90. The van der Waals surface area contributed by atoms with E-state index in [-0.39, 0.29) is 28.4 Å². The molecule has 2 rings (SSSR count). The highest BCUT2D eigenvalue weighted by Gasteiger charge is 2.24. The minimum atomic E-state index is -3.98. The number of nitrogens with one attached hydrogen (secondary N) is 1. The van der Waals surface area contributed by atoms with E-state index in [1.807, 2.05) is 0 Å². The molecule has 21 heavy (non-hydrogen) atoms. The molecule has 0 radical (unpaired) electrons. The Morgan fingerprint density at radius 3 is 2.43 bits per heavy atom. The predicted molar refractivity (Wildman–Crippen MR) is 76.4 cm³/mol. The van der Waals surface area contributed by atoms with E-state index in [1.54, 1.807) is 0 Å². The van der Waals surface area contributed by atoms with Crippen LogP contribution in [0.25, 0.3) is 0 Å². The molecule has 0 amide bonds. The van der Waals surface area contributed by atoms with Crippen LogP contribution in [-0.2, 0) is 10.0 Å². The fourth-order valence-corrected chi connectivity index (χ4v) is 2.94. The van der Waals surface area contributed by atoms with Crippen molar-refractivity contribution in [2.45, 2.75) is 42.7 Å². The molecule has 0 heterocycles.